The summed E-state index contributed by atoms with van der Waals surface area (Å²) >= 11 is 1.37. The summed E-state index contributed by atoms with van der Waals surface area (Å²) in [6.45, 7) is 3.64. The van der Waals surface area contributed by atoms with E-state index in [-0.39, 0.29) is 11.1 Å². The van der Waals surface area contributed by atoms with Gasteiger partial charge in [-0.05, 0) is 13.3 Å². The molecule has 1 heterocycles. The molecular formula is C9H17NO4S2. The van der Waals surface area contributed by atoms with Crippen molar-refractivity contribution in [3.8, 4) is 0 Å². The van der Waals surface area contributed by atoms with Crippen molar-refractivity contribution >= 4 is 27.8 Å². The van der Waals surface area contributed by atoms with Crippen LogP contribution in [0.5, 0.6) is 0 Å². The molecule has 0 aromatic carbocycles. The molecule has 1 fully saturated rings. The number of hydrogen-bond donors (Lipinski definition) is 1. The topological polar surface area (TPSA) is 74.7 Å². The van der Waals surface area contributed by atoms with Crippen molar-refractivity contribution in [2.45, 2.75) is 38.1 Å². The van der Waals surface area contributed by atoms with Crippen LogP contribution in [-0.2, 0) is 14.8 Å². The van der Waals surface area contributed by atoms with Crippen molar-refractivity contribution in [2.24, 2.45) is 0 Å². The second-order valence-corrected chi connectivity index (χ2v) is 7.13. The van der Waals surface area contributed by atoms with Crippen LogP contribution in [0.2, 0.25) is 0 Å². The van der Waals surface area contributed by atoms with Crippen LogP contribution in [0, 0.1) is 0 Å². The van der Waals surface area contributed by atoms with Gasteiger partial charge in [0, 0.05) is 5.75 Å². The van der Waals surface area contributed by atoms with Gasteiger partial charge in [-0.1, -0.05) is 13.3 Å². The first kappa shape index (κ1) is 13.8. The fourth-order valence-electron chi connectivity index (χ4n) is 1.66. The molecule has 0 bridgehead atoms. The molecule has 2 unspecified atom stereocenters. The third kappa shape index (κ3) is 2.89. The van der Waals surface area contributed by atoms with Gasteiger partial charge in [0.1, 0.15) is 6.04 Å². The smallest absolute Gasteiger partial charge is 0.322 e. The maximum atomic E-state index is 12.0. The van der Waals surface area contributed by atoms with Crippen molar-refractivity contribution in [2.75, 3.05) is 11.5 Å². The minimum Gasteiger partial charge on any atom is -0.480 e. The number of carboxylic acid groups (broad SMARTS) is 1. The number of sulfonamides is 1. The van der Waals surface area contributed by atoms with Crippen LogP contribution < -0.4 is 0 Å². The van der Waals surface area contributed by atoms with E-state index in [1.807, 2.05) is 6.92 Å². The lowest BCUT2D eigenvalue weighted by atomic mass is 10.3. The lowest BCUT2D eigenvalue weighted by molar-refractivity contribution is -0.140. The van der Waals surface area contributed by atoms with Crippen LogP contribution in [0.1, 0.15) is 26.7 Å². The Labute approximate surface area is 100 Å². The first-order valence-electron chi connectivity index (χ1n) is 5.25. The summed E-state index contributed by atoms with van der Waals surface area (Å²) in [6.07, 6.45) is 1.36. The molecule has 1 N–H and O–H groups in total. The number of hydrogen-bond acceptors (Lipinski definition) is 4. The largest absolute Gasteiger partial charge is 0.480 e. The van der Waals surface area contributed by atoms with Crippen LogP contribution >= 0.6 is 11.8 Å². The Morgan fingerprint density at radius 3 is 2.69 bits per heavy atom. The van der Waals surface area contributed by atoms with Gasteiger partial charge >= 0.3 is 5.97 Å². The minimum atomic E-state index is -3.43. The highest BCUT2D eigenvalue weighted by atomic mass is 32.2. The van der Waals surface area contributed by atoms with E-state index in [2.05, 4.69) is 0 Å². The standard InChI is InChI=1S/C9H17NO4S2/c1-3-4-5-16(13,14)10-7(2)15-6-8(10)9(11)12/h7-8H,3-6H2,1-2H3,(H,11,12). The van der Waals surface area contributed by atoms with Gasteiger partial charge in [0.2, 0.25) is 10.0 Å². The van der Waals surface area contributed by atoms with Gasteiger partial charge in [-0.15, -0.1) is 11.8 Å². The normalized spacial score (nSPS) is 27.1. The average Bonchev–Trinajstić information content (AvgIpc) is 2.58. The third-order valence-electron chi connectivity index (χ3n) is 2.52. The molecule has 0 spiro atoms. The second-order valence-electron chi connectivity index (χ2n) is 3.79. The van der Waals surface area contributed by atoms with E-state index >= 15 is 0 Å². The van der Waals surface area contributed by atoms with Gasteiger partial charge in [0.05, 0.1) is 11.1 Å². The van der Waals surface area contributed by atoms with E-state index in [1.54, 1.807) is 6.92 Å². The zero-order valence-corrected chi connectivity index (χ0v) is 11.1. The molecule has 1 saturated heterocycles. The Kier molecular flexibility index (Phi) is 4.63. The zero-order valence-electron chi connectivity index (χ0n) is 9.42. The number of carboxylic acids is 1. The molecule has 1 rings (SSSR count). The van der Waals surface area contributed by atoms with Crippen LogP contribution in [0.4, 0.5) is 0 Å². The highest BCUT2D eigenvalue weighted by molar-refractivity contribution is 8.01. The van der Waals surface area contributed by atoms with Gasteiger partial charge in [-0.3, -0.25) is 4.79 Å². The molecule has 0 radical (unpaired) electrons. The Balaban J connectivity index is 2.86. The van der Waals surface area contributed by atoms with Gasteiger partial charge in [0.15, 0.2) is 0 Å². The Morgan fingerprint density at radius 2 is 2.19 bits per heavy atom. The summed E-state index contributed by atoms with van der Waals surface area (Å²) in [5.74, 6) is -0.683. The molecule has 7 heteroatoms. The Bertz CT molecular complexity index is 355. The number of carbonyl (C=O) groups is 1. The lowest BCUT2D eigenvalue weighted by Crippen LogP contribution is -2.45. The molecule has 1 aliphatic heterocycles. The first-order chi connectivity index (χ1) is 7.40. The number of nitrogens with zero attached hydrogens (tertiary/aromatic N) is 1. The fourth-order valence-corrected chi connectivity index (χ4v) is 5.26. The summed E-state index contributed by atoms with van der Waals surface area (Å²) in [4.78, 5) is 11.0. The van der Waals surface area contributed by atoms with E-state index in [4.69, 9.17) is 5.11 Å². The number of rotatable bonds is 5. The molecule has 0 aliphatic carbocycles. The molecule has 5 nitrogen and oxygen atoms in total. The highest BCUT2D eigenvalue weighted by Gasteiger charge is 2.43. The summed E-state index contributed by atoms with van der Waals surface area (Å²) in [5, 5.41) is 8.70. The van der Waals surface area contributed by atoms with Gasteiger partial charge in [-0.2, -0.15) is 4.31 Å². The average molecular weight is 267 g/mol. The molecule has 2 atom stereocenters. The highest BCUT2D eigenvalue weighted by Crippen LogP contribution is 2.31. The zero-order chi connectivity index (χ0) is 12.3. The van der Waals surface area contributed by atoms with Crippen LogP contribution in [-0.4, -0.2) is 46.7 Å². The lowest BCUT2D eigenvalue weighted by Gasteiger charge is -2.23. The minimum absolute atomic E-state index is 0.0399. The number of aliphatic carboxylic acids is 1. The van der Waals surface area contributed by atoms with Gasteiger partial charge in [-0.25, -0.2) is 8.42 Å². The van der Waals surface area contributed by atoms with Gasteiger partial charge in [0.25, 0.3) is 0 Å². The molecule has 94 valence electrons. The maximum absolute atomic E-state index is 12.0. The van der Waals surface area contributed by atoms with Crippen LogP contribution in [0.25, 0.3) is 0 Å². The molecule has 16 heavy (non-hydrogen) atoms. The molecule has 1 aliphatic rings. The van der Waals surface area contributed by atoms with E-state index in [0.29, 0.717) is 12.2 Å². The SMILES string of the molecule is CCCCS(=O)(=O)N1C(C)SCC1C(=O)O. The van der Waals surface area contributed by atoms with E-state index < -0.39 is 22.0 Å². The summed E-state index contributed by atoms with van der Waals surface area (Å²) < 4.78 is 25.1. The predicted octanol–water partition coefficient (Wildman–Crippen LogP) is 0.964. The first-order valence-corrected chi connectivity index (χ1v) is 7.91. The van der Waals surface area contributed by atoms with E-state index in [1.165, 1.54) is 11.8 Å². The molecule has 0 amide bonds. The predicted molar refractivity (Wildman–Crippen MR) is 63.9 cm³/mol. The molecule has 0 saturated carbocycles. The fraction of sp³-hybridized carbons (Fsp3) is 0.889. The van der Waals surface area contributed by atoms with Crippen LogP contribution in [0.15, 0.2) is 0 Å². The Hall–Kier alpha value is -0.270. The monoisotopic (exact) mass is 267 g/mol. The molecular weight excluding hydrogens is 250 g/mol. The van der Waals surface area contributed by atoms with Crippen molar-refractivity contribution in [1.29, 1.82) is 0 Å². The molecule has 0 aromatic heterocycles. The second kappa shape index (κ2) is 5.37. The number of thioether (sulfide) groups is 1. The summed E-state index contributed by atoms with van der Waals surface area (Å²) in [7, 11) is -3.43. The van der Waals surface area contributed by atoms with Gasteiger partial charge < -0.3 is 5.11 Å². The maximum Gasteiger partial charge on any atom is 0.322 e. The van der Waals surface area contributed by atoms with Crippen molar-refractivity contribution in [3.05, 3.63) is 0 Å². The number of unbranched alkanes of at least 4 members (excludes halogenated alkanes) is 1. The van der Waals surface area contributed by atoms with E-state index in [9.17, 15) is 13.2 Å². The van der Waals surface area contributed by atoms with Crippen molar-refractivity contribution in [1.82, 2.24) is 4.31 Å². The van der Waals surface area contributed by atoms with E-state index in [0.717, 1.165) is 10.7 Å². The summed E-state index contributed by atoms with van der Waals surface area (Å²) in [6, 6.07) is -0.901. The molecule has 0 aromatic rings. The summed E-state index contributed by atoms with van der Waals surface area (Å²) in [5.41, 5.74) is 0. The van der Waals surface area contributed by atoms with Crippen molar-refractivity contribution < 1.29 is 18.3 Å². The Morgan fingerprint density at radius 1 is 1.56 bits per heavy atom. The van der Waals surface area contributed by atoms with Crippen molar-refractivity contribution in [3.63, 3.8) is 0 Å². The third-order valence-corrected chi connectivity index (χ3v) is 5.89. The quantitative estimate of drug-likeness (QED) is 0.803. The van der Waals surface area contributed by atoms with Crippen LogP contribution in [0.3, 0.4) is 0 Å².